The summed E-state index contributed by atoms with van der Waals surface area (Å²) in [5, 5.41) is 2.25. The standard InChI is InChI=1S/C14H19N3O2S2/c1-9(2)13-8-20-14(16-13)17-21(18,19)12-6-4-11(5-7-12)10(3)15/h4-10H,15H2,1-3H3,(H,16,17). The van der Waals surface area contributed by atoms with Gasteiger partial charge in [-0.3, -0.25) is 4.72 Å². The SMILES string of the molecule is CC(C)c1csc(NS(=O)(=O)c2ccc(C(C)N)cc2)n1. The minimum Gasteiger partial charge on any atom is -0.324 e. The largest absolute Gasteiger partial charge is 0.324 e. The monoisotopic (exact) mass is 325 g/mol. The van der Waals surface area contributed by atoms with Crippen molar-refractivity contribution in [2.24, 2.45) is 5.73 Å². The van der Waals surface area contributed by atoms with Gasteiger partial charge in [-0.1, -0.05) is 26.0 Å². The van der Waals surface area contributed by atoms with E-state index in [1.54, 1.807) is 24.3 Å². The molecule has 0 aliphatic heterocycles. The van der Waals surface area contributed by atoms with Crippen molar-refractivity contribution < 1.29 is 8.42 Å². The van der Waals surface area contributed by atoms with E-state index >= 15 is 0 Å². The highest BCUT2D eigenvalue weighted by Gasteiger charge is 2.17. The molecule has 5 nitrogen and oxygen atoms in total. The van der Waals surface area contributed by atoms with Gasteiger partial charge in [-0.25, -0.2) is 13.4 Å². The third-order valence-corrected chi connectivity index (χ3v) is 5.31. The summed E-state index contributed by atoms with van der Waals surface area (Å²) in [5.74, 6) is 0.268. The maximum Gasteiger partial charge on any atom is 0.263 e. The number of sulfonamides is 1. The fraction of sp³-hybridized carbons (Fsp3) is 0.357. The number of aromatic nitrogens is 1. The topological polar surface area (TPSA) is 85.1 Å². The van der Waals surface area contributed by atoms with Gasteiger partial charge in [0.2, 0.25) is 0 Å². The molecule has 2 aromatic rings. The normalized spacial score (nSPS) is 13.4. The third-order valence-electron chi connectivity index (χ3n) is 3.05. The van der Waals surface area contributed by atoms with Crippen LogP contribution in [0.2, 0.25) is 0 Å². The predicted octanol–water partition coefficient (Wildman–Crippen LogP) is 3.09. The molecule has 1 atom stereocenters. The average Bonchev–Trinajstić information content (AvgIpc) is 2.87. The van der Waals surface area contributed by atoms with Crippen LogP contribution in [-0.4, -0.2) is 13.4 Å². The minimum atomic E-state index is -3.61. The van der Waals surface area contributed by atoms with Crippen LogP contribution in [0.25, 0.3) is 0 Å². The lowest BCUT2D eigenvalue weighted by molar-refractivity contribution is 0.601. The van der Waals surface area contributed by atoms with Crippen LogP contribution in [-0.2, 0) is 10.0 Å². The van der Waals surface area contributed by atoms with Crippen molar-refractivity contribution in [3.8, 4) is 0 Å². The molecule has 1 aromatic carbocycles. The number of benzene rings is 1. The van der Waals surface area contributed by atoms with E-state index in [4.69, 9.17) is 5.73 Å². The molecule has 1 aromatic heterocycles. The summed E-state index contributed by atoms with van der Waals surface area (Å²) in [6.45, 7) is 5.88. The summed E-state index contributed by atoms with van der Waals surface area (Å²) in [5.41, 5.74) is 7.53. The lowest BCUT2D eigenvalue weighted by Gasteiger charge is -2.08. The maximum atomic E-state index is 12.3. The van der Waals surface area contributed by atoms with Gasteiger partial charge in [0.15, 0.2) is 5.13 Å². The second-order valence-electron chi connectivity index (χ2n) is 5.20. The van der Waals surface area contributed by atoms with Crippen LogP contribution in [0.5, 0.6) is 0 Å². The molecule has 1 unspecified atom stereocenters. The number of nitrogens with zero attached hydrogens (tertiary/aromatic N) is 1. The fourth-order valence-electron chi connectivity index (χ4n) is 1.72. The van der Waals surface area contributed by atoms with E-state index in [-0.39, 0.29) is 16.9 Å². The van der Waals surface area contributed by atoms with Gasteiger partial charge in [0, 0.05) is 11.4 Å². The first-order chi connectivity index (χ1) is 9.79. The summed E-state index contributed by atoms with van der Waals surface area (Å²) >= 11 is 1.29. The Morgan fingerprint density at radius 1 is 1.19 bits per heavy atom. The zero-order chi connectivity index (χ0) is 15.6. The molecule has 0 saturated heterocycles. The molecule has 1 heterocycles. The van der Waals surface area contributed by atoms with Gasteiger partial charge in [-0.2, -0.15) is 0 Å². The van der Waals surface area contributed by atoms with Crippen molar-refractivity contribution in [3.05, 3.63) is 40.9 Å². The van der Waals surface area contributed by atoms with Crippen molar-refractivity contribution in [2.45, 2.75) is 37.6 Å². The molecule has 0 saturated carbocycles. The third kappa shape index (κ3) is 3.81. The molecule has 21 heavy (non-hydrogen) atoms. The lowest BCUT2D eigenvalue weighted by atomic mass is 10.1. The quantitative estimate of drug-likeness (QED) is 0.884. The summed E-state index contributed by atoms with van der Waals surface area (Å²) < 4.78 is 27.1. The molecule has 7 heteroatoms. The van der Waals surface area contributed by atoms with E-state index in [1.165, 1.54) is 11.3 Å². The molecule has 0 spiro atoms. The number of hydrogen-bond acceptors (Lipinski definition) is 5. The van der Waals surface area contributed by atoms with E-state index in [0.717, 1.165) is 11.3 Å². The fourth-order valence-corrected chi connectivity index (χ4v) is 3.85. The van der Waals surface area contributed by atoms with Crippen molar-refractivity contribution in [2.75, 3.05) is 4.72 Å². The van der Waals surface area contributed by atoms with E-state index in [0.29, 0.717) is 5.13 Å². The smallest absolute Gasteiger partial charge is 0.263 e. The van der Waals surface area contributed by atoms with Crippen LogP contribution in [0.15, 0.2) is 34.5 Å². The minimum absolute atomic E-state index is 0.123. The Morgan fingerprint density at radius 2 is 1.81 bits per heavy atom. The van der Waals surface area contributed by atoms with Crippen LogP contribution in [0.4, 0.5) is 5.13 Å². The molecule has 0 aliphatic carbocycles. The Bertz CT molecular complexity index is 704. The van der Waals surface area contributed by atoms with Crippen LogP contribution >= 0.6 is 11.3 Å². The summed E-state index contributed by atoms with van der Waals surface area (Å²) in [6, 6.07) is 6.43. The van der Waals surface area contributed by atoms with E-state index in [9.17, 15) is 8.42 Å². The molecule has 0 radical (unpaired) electrons. The van der Waals surface area contributed by atoms with Gasteiger partial charge in [0.05, 0.1) is 10.6 Å². The number of anilines is 1. The van der Waals surface area contributed by atoms with Crippen molar-refractivity contribution in [1.82, 2.24) is 4.98 Å². The predicted molar refractivity (Wildman–Crippen MR) is 86.1 cm³/mol. The first kappa shape index (κ1) is 15.9. The van der Waals surface area contributed by atoms with E-state index < -0.39 is 10.0 Å². The Kier molecular flexibility index (Phi) is 4.65. The molecule has 0 amide bonds. The van der Waals surface area contributed by atoms with Gasteiger partial charge in [0.25, 0.3) is 10.0 Å². The van der Waals surface area contributed by atoms with Crippen molar-refractivity contribution in [3.63, 3.8) is 0 Å². The maximum absolute atomic E-state index is 12.3. The highest BCUT2D eigenvalue weighted by Crippen LogP contribution is 2.24. The second kappa shape index (κ2) is 6.13. The number of nitrogens with one attached hydrogen (secondary N) is 1. The van der Waals surface area contributed by atoms with Gasteiger partial charge >= 0.3 is 0 Å². The van der Waals surface area contributed by atoms with Crippen LogP contribution in [0.1, 0.15) is 44.0 Å². The average molecular weight is 325 g/mol. The number of thiazole rings is 1. The molecule has 3 N–H and O–H groups in total. The first-order valence-electron chi connectivity index (χ1n) is 6.63. The molecule has 114 valence electrons. The molecular formula is C14H19N3O2S2. The molecule has 0 fully saturated rings. The highest BCUT2D eigenvalue weighted by molar-refractivity contribution is 7.93. The molecule has 2 rings (SSSR count). The zero-order valence-corrected chi connectivity index (χ0v) is 13.8. The number of nitrogens with two attached hydrogens (primary N) is 1. The Balaban J connectivity index is 2.21. The Labute approximate surface area is 129 Å². The van der Waals surface area contributed by atoms with Crippen LogP contribution < -0.4 is 10.5 Å². The summed E-state index contributed by atoms with van der Waals surface area (Å²) in [4.78, 5) is 4.48. The van der Waals surface area contributed by atoms with Gasteiger partial charge in [0.1, 0.15) is 0 Å². The molecular weight excluding hydrogens is 306 g/mol. The van der Waals surface area contributed by atoms with Gasteiger partial charge < -0.3 is 5.73 Å². The molecule has 0 bridgehead atoms. The molecule has 0 aliphatic rings. The Hall–Kier alpha value is -1.44. The van der Waals surface area contributed by atoms with Gasteiger partial charge in [-0.15, -0.1) is 11.3 Å². The van der Waals surface area contributed by atoms with Crippen molar-refractivity contribution in [1.29, 1.82) is 0 Å². The van der Waals surface area contributed by atoms with Crippen molar-refractivity contribution >= 4 is 26.5 Å². The van der Waals surface area contributed by atoms with E-state index in [2.05, 4.69) is 9.71 Å². The lowest BCUT2D eigenvalue weighted by Crippen LogP contribution is -2.13. The summed E-state index contributed by atoms with van der Waals surface area (Å²) in [7, 11) is -3.61. The summed E-state index contributed by atoms with van der Waals surface area (Å²) in [6.07, 6.45) is 0. The zero-order valence-electron chi connectivity index (χ0n) is 12.2. The second-order valence-corrected chi connectivity index (χ2v) is 7.74. The number of rotatable bonds is 5. The highest BCUT2D eigenvalue weighted by atomic mass is 32.2. The van der Waals surface area contributed by atoms with E-state index in [1.807, 2.05) is 26.2 Å². The van der Waals surface area contributed by atoms with Crippen LogP contribution in [0, 0.1) is 0 Å². The first-order valence-corrected chi connectivity index (χ1v) is 8.99. The Morgan fingerprint density at radius 3 is 2.29 bits per heavy atom. The number of hydrogen-bond donors (Lipinski definition) is 2. The van der Waals surface area contributed by atoms with Crippen LogP contribution in [0.3, 0.4) is 0 Å². The van der Waals surface area contributed by atoms with Gasteiger partial charge in [-0.05, 0) is 30.5 Å².